The highest BCUT2D eigenvalue weighted by Gasteiger charge is 2.24. The fourth-order valence-corrected chi connectivity index (χ4v) is 3.65. The number of hydrogen-bond donors (Lipinski definition) is 1. The Morgan fingerprint density at radius 2 is 1.86 bits per heavy atom. The van der Waals surface area contributed by atoms with Crippen LogP contribution in [0.2, 0.25) is 10.0 Å². The van der Waals surface area contributed by atoms with Crippen LogP contribution in [0.15, 0.2) is 36.5 Å². The number of nitrogens with one attached hydrogen (secondary N) is 1. The number of unbranched alkanes of at least 4 members (excludes halogenated alkanes) is 1. The van der Waals surface area contributed by atoms with Crippen molar-refractivity contribution in [1.29, 1.82) is 0 Å². The topological polar surface area (TPSA) is 65.5 Å². The Bertz CT molecular complexity index is 865. The van der Waals surface area contributed by atoms with E-state index in [1.54, 1.807) is 35.4 Å². The highest BCUT2D eigenvalue weighted by molar-refractivity contribution is 6.36. The van der Waals surface area contributed by atoms with Crippen LogP contribution in [0.5, 0.6) is 0 Å². The van der Waals surface area contributed by atoms with Crippen LogP contribution < -0.4 is 10.2 Å². The van der Waals surface area contributed by atoms with E-state index in [0.717, 1.165) is 18.7 Å². The molecule has 154 valence electrons. The minimum Gasteiger partial charge on any atom is -0.353 e. The summed E-state index contributed by atoms with van der Waals surface area (Å²) < 4.78 is 0. The number of pyridine rings is 1. The quantitative estimate of drug-likeness (QED) is 0.700. The van der Waals surface area contributed by atoms with E-state index in [1.807, 2.05) is 6.07 Å². The Balaban J connectivity index is 1.56. The van der Waals surface area contributed by atoms with Crippen LogP contribution in [-0.2, 0) is 0 Å². The van der Waals surface area contributed by atoms with Crippen LogP contribution in [0.25, 0.3) is 0 Å². The van der Waals surface area contributed by atoms with Crippen molar-refractivity contribution >= 4 is 40.8 Å². The monoisotopic (exact) mass is 434 g/mol. The van der Waals surface area contributed by atoms with Crippen molar-refractivity contribution in [3.05, 3.63) is 57.7 Å². The van der Waals surface area contributed by atoms with Crippen molar-refractivity contribution in [2.24, 2.45) is 0 Å². The molecular formula is C21H24Cl2N4O2. The van der Waals surface area contributed by atoms with E-state index in [-0.39, 0.29) is 11.8 Å². The van der Waals surface area contributed by atoms with Gasteiger partial charge in [0.1, 0.15) is 5.82 Å². The number of rotatable bonds is 6. The maximum atomic E-state index is 12.7. The number of piperazine rings is 1. The number of benzene rings is 1. The van der Waals surface area contributed by atoms with Gasteiger partial charge in [-0.15, -0.1) is 0 Å². The molecule has 0 unspecified atom stereocenters. The van der Waals surface area contributed by atoms with Crippen LogP contribution in [-0.4, -0.2) is 54.4 Å². The second-order valence-corrected chi connectivity index (χ2v) is 7.76. The van der Waals surface area contributed by atoms with Gasteiger partial charge in [-0.2, -0.15) is 0 Å². The molecule has 0 aliphatic carbocycles. The number of carbonyl (C=O) groups excluding carboxylic acids is 2. The molecule has 2 amide bonds. The standard InChI is InChI=1S/C21H24Cl2N4O2/c1-2-3-8-24-20(28)15-4-7-19(25-14-15)26-9-11-27(12-10-26)21(29)17-6-5-16(22)13-18(17)23/h4-7,13-14H,2-3,8-12H2,1H3,(H,24,28). The van der Waals surface area contributed by atoms with Gasteiger partial charge in [-0.1, -0.05) is 36.5 Å². The minimum atomic E-state index is -0.104. The lowest BCUT2D eigenvalue weighted by molar-refractivity contribution is 0.0746. The Kier molecular flexibility index (Phi) is 7.34. The Hall–Kier alpha value is -2.31. The molecule has 0 saturated carbocycles. The summed E-state index contributed by atoms with van der Waals surface area (Å²) >= 11 is 12.1. The molecule has 6 nitrogen and oxygen atoms in total. The largest absolute Gasteiger partial charge is 0.353 e. The Labute approximate surface area is 180 Å². The summed E-state index contributed by atoms with van der Waals surface area (Å²) in [6.07, 6.45) is 3.60. The van der Waals surface area contributed by atoms with Crippen molar-refractivity contribution in [2.75, 3.05) is 37.6 Å². The van der Waals surface area contributed by atoms with Crippen molar-refractivity contribution < 1.29 is 9.59 Å². The van der Waals surface area contributed by atoms with Crippen LogP contribution in [0.3, 0.4) is 0 Å². The maximum absolute atomic E-state index is 12.7. The average Bonchev–Trinajstić information content (AvgIpc) is 2.74. The number of anilines is 1. The number of halogens is 2. The van der Waals surface area contributed by atoms with Crippen molar-refractivity contribution in [3.63, 3.8) is 0 Å². The summed E-state index contributed by atoms with van der Waals surface area (Å²) in [5, 5.41) is 3.75. The number of amides is 2. The van der Waals surface area contributed by atoms with Gasteiger partial charge in [0.15, 0.2) is 0 Å². The molecule has 8 heteroatoms. The molecule has 0 spiro atoms. The first-order valence-corrected chi connectivity index (χ1v) is 10.5. The molecule has 1 N–H and O–H groups in total. The van der Waals surface area contributed by atoms with Gasteiger partial charge in [-0.25, -0.2) is 4.98 Å². The highest BCUT2D eigenvalue weighted by atomic mass is 35.5. The summed E-state index contributed by atoms with van der Waals surface area (Å²) in [6.45, 7) is 5.21. The summed E-state index contributed by atoms with van der Waals surface area (Å²) in [7, 11) is 0. The summed E-state index contributed by atoms with van der Waals surface area (Å²) in [5.41, 5.74) is 1.01. The van der Waals surface area contributed by atoms with Crippen LogP contribution in [0, 0.1) is 0 Å². The third-order valence-corrected chi connectivity index (χ3v) is 5.43. The molecule has 1 aliphatic heterocycles. The molecule has 1 aromatic heterocycles. The predicted octanol–water partition coefficient (Wildman–Crippen LogP) is 3.88. The van der Waals surface area contributed by atoms with Gasteiger partial charge < -0.3 is 15.1 Å². The van der Waals surface area contributed by atoms with Crippen molar-refractivity contribution in [3.8, 4) is 0 Å². The zero-order valence-electron chi connectivity index (χ0n) is 16.3. The van der Waals surface area contributed by atoms with E-state index < -0.39 is 0 Å². The van der Waals surface area contributed by atoms with E-state index in [1.165, 1.54) is 0 Å². The minimum absolute atomic E-state index is 0.0987. The zero-order valence-corrected chi connectivity index (χ0v) is 17.8. The molecule has 0 atom stereocenters. The third-order valence-electron chi connectivity index (χ3n) is 4.88. The number of carbonyl (C=O) groups is 2. The second-order valence-electron chi connectivity index (χ2n) is 6.92. The number of aromatic nitrogens is 1. The van der Waals surface area contributed by atoms with Gasteiger partial charge in [-0.05, 0) is 36.8 Å². The normalized spacial score (nSPS) is 14.0. The van der Waals surface area contributed by atoms with E-state index in [4.69, 9.17) is 23.2 Å². The lowest BCUT2D eigenvalue weighted by Crippen LogP contribution is -2.49. The smallest absolute Gasteiger partial charge is 0.255 e. The molecule has 2 heterocycles. The third kappa shape index (κ3) is 5.40. The van der Waals surface area contributed by atoms with Gasteiger partial charge in [0.05, 0.1) is 16.1 Å². The van der Waals surface area contributed by atoms with E-state index in [0.29, 0.717) is 53.9 Å². The summed E-state index contributed by atoms with van der Waals surface area (Å²) in [5.74, 6) is 0.595. The molecule has 29 heavy (non-hydrogen) atoms. The molecule has 2 aromatic rings. The predicted molar refractivity (Wildman–Crippen MR) is 116 cm³/mol. The number of nitrogens with zero attached hydrogens (tertiary/aromatic N) is 3. The lowest BCUT2D eigenvalue weighted by atomic mass is 10.1. The van der Waals surface area contributed by atoms with Crippen molar-refractivity contribution in [2.45, 2.75) is 19.8 Å². The molecule has 3 rings (SSSR count). The Morgan fingerprint density at radius 1 is 1.10 bits per heavy atom. The van der Waals surface area contributed by atoms with Gasteiger partial charge in [0.2, 0.25) is 0 Å². The fourth-order valence-electron chi connectivity index (χ4n) is 3.16. The fraction of sp³-hybridized carbons (Fsp3) is 0.381. The van der Waals surface area contributed by atoms with E-state index in [9.17, 15) is 9.59 Å². The molecule has 1 aliphatic rings. The van der Waals surface area contributed by atoms with Gasteiger partial charge >= 0.3 is 0 Å². The summed E-state index contributed by atoms with van der Waals surface area (Å²) in [6, 6.07) is 8.54. The molecule has 0 radical (unpaired) electrons. The first kappa shape index (κ1) is 21.4. The molecule has 1 fully saturated rings. The van der Waals surface area contributed by atoms with Crippen molar-refractivity contribution in [1.82, 2.24) is 15.2 Å². The maximum Gasteiger partial charge on any atom is 0.255 e. The second kappa shape index (κ2) is 9.94. The molecule has 1 saturated heterocycles. The van der Waals surface area contributed by atoms with E-state index >= 15 is 0 Å². The van der Waals surface area contributed by atoms with Gasteiger partial charge in [0.25, 0.3) is 11.8 Å². The SMILES string of the molecule is CCCCNC(=O)c1ccc(N2CCN(C(=O)c3ccc(Cl)cc3Cl)CC2)nc1. The number of hydrogen-bond acceptors (Lipinski definition) is 4. The lowest BCUT2D eigenvalue weighted by Gasteiger charge is -2.35. The zero-order chi connectivity index (χ0) is 20.8. The van der Waals surface area contributed by atoms with E-state index in [2.05, 4.69) is 22.1 Å². The first-order valence-electron chi connectivity index (χ1n) is 9.73. The molecule has 0 bridgehead atoms. The average molecular weight is 435 g/mol. The van der Waals surface area contributed by atoms with Crippen LogP contribution in [0.4, 0.5) is 5.82 Å². The van der Waals surface area contributed by atoms with Gasteiger partial charge in [-0.3, -0.25) is 9.59 Å². The molecule has 1 aromatic carbocycles. The van der Waals surface area contributed by atoms with Crippen LogP contribution in [0.1, 0.15) is 40.5 Å². The van der Waals surface area contributed by atoms with Gasteiger partial charge in [0, 0.05) is 43.9 Å². The Morgan fingerprint density at radius 3 is 2.48 bits per heavy atom. The van der Waals surface area contributed by atoms with Crippen LogP contribution >= 0.6 is 23.2 Å². The first-order chi connectivity index (χ1) is 14.0. The molecular weight excluding hydrogens is 411 g/mol. The summed E-state index contributed by atoms with van der Waals surface area (Å²) in [4.78, 5) is 33.1. The highest BCUT2D eigenvalue weighted by Crippen LogP contribution is 2.23.